The van der Waals surface area contributed by atoms with E-state index in [1.165, 1.54) is 0 Å². The molecule has 74 valence electrons. The summed E-state index contributed by atoms with van der Waals surface area (Å²) in [6.07, 6.45) is 5.87. The standard InChI is InChI=1S/C9H13N5/c10-6-9(3-1-2-4-9)7-14-5-8(11)12-13-14/h5H,1-4,7,11H2. The van der Waals surface area contributed by atoms with Crippen LogP contribution in [-0.2, 0) is 6.54 Å². The lowest BCUT2D eigenvalue weighted by molar-refractivity contribution is 0.322. The molecule has 5 heteroatoms. The summed E-state index contributed by atoms with van der Waals surface area (Å²) in [7, 11) is 0. The first-order chi connectivity index (χ1) is 6.74. The lowest BCUT2D eigenvalue weighted by Gasteiger charge is -2.18. The second-order valence-corrected chi connectivity index (χ2v) is 3.94. The lowest BCUT2D eigenvalue weighted by Crippen LogP contribution is -2.21. The maximum Gasteiger partial charge on any atom is 0.165 e. The fourth-order valence-corrected chi connectivity index (χ4v) is 2.06. The highest BCUT2D eigenvalue weighted by atomic mass is 15.4. The van der Waals surface area contributed by atoms with Crippen molar-refractivity contribution in [1.29, 1.82) is 5.26 Å². The molecule has 0 bridgehead atoms. The van der Waals surface area contributed by atoms with E-state index in [9.17, 15) is 0 Å². The summed E-state index contributed by atoms with van der Waals surface area (Å²) in [5, 5.41) is 16.7. The molecule has 0 aromatic carbocycles. The number of anilines is 1. The molecule has 1 fully saturated rings. The second-order valence-electron chi connectivity index (χ2n) is 3.94. The normalized spacial score (nSPS) is 19.4. The molecule has 5 nitrogen and oxygen atoms in total. The van der Waals surface area contributed by atoms with E-state index in [1.807, 2.05) is 0 Å². The van der Waals surface area contributed by atoms with E-state index < -0.39 is 0 Å². The van der Waals surface area contributed by atoms with E-state index in [2.05, 4.69) is 16.4 Å². The van der Waals surface area contributed by atoms with E-state index in [-0.39, 0.29) is 5.41 Å². The van der Waals surface area contributed by atoms with Crippen LogP contribution in [-0.4, -0.2) is 15.0 Å². The summed E-state index contributed by atoms with van der Waals surface area (Å²) < 4.78 is 1.67. The van der Waals surface area contributed by atoms with Crippen LogP contribution in [0.2, 0.25) is 0 Å². The molecule has 1 aromatic rings. The number of hydrogen-bond donors (Lipinski definition) is 1. The van der Waals surface area contributed by atoms with Gasteiger partial charge in [0, 0.05) is 0 Å². The fourth-order valence-electron chi connectivity index (χ4n) is 2.06. The monoisotopic (exact) mass is 191 g/mol. The van der Waals surface area contributed by atoms with Crippen molar-refractivity contribution in [3.8, 4) is 6.07 Å². The summed E-state index contributed by atoms with van der Waals surface area (Å²) in [6, 6.07) is 2.41. The van der Waals surface area contributed by atoms with Gasteiger partial charge in [-0.15, -0.1) is 5.10 Å². The first kappa shape index (κ1) is 9.00. The van der Waals surface area contributed by atoms with Gasteiger partial charge in [0.25, 0.3) is 0 Å². The molecule has 1 heterocycles. The van der Waals surface area contributed by atoms with Gasteiger partial charge in [-0.2, -0.15) is 5.26 Å². The molecule has 1 saturated carbocycles. The molecule has 0 saturated heterocycles. The van der Waals surface area contributed by atoms with Gasteiger partial charge in [-0.1, -0.05) is 18.1 Å². The van der Waals surface area contributed by atoms with Crippen molar-refractivity contribution in [3.05, 3.63) is 6.20 Å². The third-order valence-corrected chi connectivity index (χ3v) is 2.82. The van der Waals surface area contributed by atoms with E-state index in [0.717, 1.165) is 25.7 Å². The number of nitrogens with two attached hydrogens (primary N) is 1. The third kappa shape index (κ3) is 1.55. The highest BCUT2D eigenvalue weighted by molar-refractivity contribution is 5.20. The Labute approximate surface area is 82.5 Å². The third-order valence-electron chi connectivity index (χ3n) is 2.82. The van der Waals surface area contributed by atoms with Gasteiger partial charge in [-0.3, -0.25) is 0 Å². The quantitative estimate of drug-likeness (QED) is 0.754. The van der Waals surface area contributed by atoms with Crippen molar-refractivity contribution >= 4 is 5.82 Å². The number of rotatable bonds is 2. The summed E-state index contributed by atoms with van der Waals surface area (Å²) >= 11 is 0. The maximum atomic E-state index is 9.14. The first-order valence-electron chi connectivity index (χ1n) is 4.81. The summed E-state index contributed by atoms with van der Waals surface area (Å²) in [4.78, 5) is 0. The largest absolute Gasteiger partial charge is 0.381 e. The first-order valence-corrected chi connectivity index (χ1v) is 4.81. The van der Waals surface area contributed by atoms with Crippen molar-refractivity contribution in [2.24, 2.45) is 5.41 Å². The van der Waals surface area contributed by atoms with Crippen LogP contribution in [0.15, 0.2) is 6.20 Å². The van der Waals surface area contributed by atoms with Crippen molar-refractivity contribution in [2.45, 2.75) is 32.2 Å². The average molecular weight is 191 g/mol. The number of nitriles is 1. The van der Waals surface area contributed by atoms with Crippen molar-refractivity contribution in [2.75, 3.05) is 5.73 Å². The van der Waals surface area contributed by atoms with Gasteiger partial charge in [0.2, 0.25) is 0 Å². The van der Waals surface area contributed by atoms with Gasteiger partial charge < -0.3 is 5.73 Å². The Balaban J connectivity index is 2.13. The Kier molecular flexibility index (Phi) is 2.12. The van der Waals surface area contributed by atoms with Crippen molar-refractivity contribution in [1.82, 2.24) is 15.0 Å². The van der Waals surface area contributed by atoms with Gasteiger partial charge in [0.15, 0.2) is 5.82 Å². The predicted molar refractivity (Wildman–Crippen MR) is 50.9 cm³/mol. The molecule has 2 N–H and O–H groups in total. The molecule has 0 atom stereocenters. The van der Waals surface area contributed by atoms with Crippen molar-refractivity contribution < 1.29 is 0 Å². The molecule has 1 aromatic heterocycles. The second kappa shape index (κ2) is 3.29. The molecule has 2 rings (SSSR count). The lowest BCUT2D eigenvalue weighted by atomic mass is 9.88. The van der Waals surface area contributed by atoms with Crippen LogP contribution in [0.25, 0.3) is 0 Å². The fraction of sp³-hybridized carbons (Fsp3) is 0.667. The van der Waals surface area contributed by atoms with Crippen LogP contribution in [0, 0.1) is 16.7 Å². The zero-order chi connectivity index (χ0) is 10.0. The molecule has 0 amide bonds. The van der Waals surface area contributed by atoms with Gasteiger partial charge in [-0.25, -0.2) is 4.68 Å². The van der Waals surface area contributed by atoms with Crippen LogP contribution in [0.1, 0.15) is 25.7 Å². The highest BCUT2D eigenvalue weighted by Crippen LogP contribution is 2.38. The van der Waals surface area contributed by atoms with Crippen LogP contribution in [0.4, 0.5) is 5.82 Å². The summed E-state index contributed by atoms with van der Waals surface area (Å²) in [6.45, 7) is 0.619. The predicted octanol–water partition coefficient (Wildman–Crippen LogP) is 0.944. The molecule has 0 unspecified atom stereocenters. The molecule has 0 aliphatic heterocycles. The Hall–Kier alpha value is -1.57. The Morgan fingerprint density at radius 2 is 2.29 bits per heavy atom. The minimum absolute atomic E-state index is 0.236. The Morgan fingerprint density at radius 1 is 1.57 bits per heavy atom. The molecule has 0 radical (unpaired) electrons. The average Bonchev–Trinajstić information content (AvgIpc) is 2.77. The topological polar surface area (TPSA) is 80.5 Å². The van der Waals surface area contributed by atoms with Gasteiger partial charge in [0.1, 0.15) is 0 Å². The molecular weight excluding hydrogens is 178 g/mol. The van der Waals surface area contributed by atoms with E-state index in [1.54, 1.807) is 10.9 Å². The SMILES string of the molecule is N#CC1(Cn2cc(N)nn2)CCCC1. The molecule has 1 aliphatic rings. The van der Waals surface area contributed by atoms with E-state index in [0.29, 0.717) is 12.4 Å². The number of nitrogen functional groups attached to an aromatic ring is 1. The van der Waals surface area contributed by atoms with Crippen LogP contribution in [0.3, 0.4) is 0 Å². The zero-order valence-corrected chi connectivity index (χ0v) is 7.98. The van der Waals surface area contributed by atoms with E-state index in [4.69, 9.17) is 11.0 Å². The number of aromatic nitrogens is 3. The minimum atomic E-state index is -0.236. The maximum absolute atomic E-state index is 9.14. The number of hydrogen-bond acceptors (Lipinski definition) is 4. The van der Waals surface area contributed by atoms with E-state index >= 15 is 0 Å². The van der Waals surface area contributed by atoms with Crippen LogP contribution in [0.5, 0.6) is 0 Å². The van der Waals surface area contributed by atoms with Crippen LogP contribution < -0.4 is 5.73 Å². The van der Waals surface area contributed by atoms with Gasteiger partial charge in [-0.05, 0) is 12.8 Å². The zero-order valence-electron chi connectivity index (χ0n) is 7.98. The van der Waals surface area contributed by atoms with Crippen LogP contribution >= 0.6 is 0 Å². The summed E-state index contributed by atoms with van der Waals surface area (Å²) in [5.41, 5.74) is 5.22. The highest BCUT2D eigenvalue weighted by Gasteiger charge is 2.34. The Bertz CT molecular complexity index is 356. The molecule has 1 aliphatic carbocycles. The van der Waals surface area contributed by atoms with Gasteiger partial charge >= 0.3 is 0 Å². The smallest absolute Gasteiger partial charge is 0.165 e. The molecule has 14 heavy (non-hydrogen) atoms. The van der Waals surface area contributed by atoms with Gasteiger partial charge in [0.05, 0.1) is 24.2 Å². The molecular formula is C9H13N5. The molecule has 0 spiro atoms. The summed E-state index contributed by atoms with van der Waals surface area (Å²) in [5.74, 6) is 0.413. The Morgan fingerprint density at radius 3 is 2.79 bits per heavy atom. The van der Waals surface area contributed by atoms with Crippen molar-refractivity contribution in [3.63, 3.8) is 0 Å². The minimum Gasteiger partial charge on any atom is -0.381 e. The number of nitrogens with zero attached hydrogens (tertiary/aromatic N) is 4.